The van der Waals surface area contributed by atoms with Crippen molar-refractivity contribution in [1.29, 1.82) is 0 Å². The van der Waals surface area contributed by atoms with Crippen LogP contribution >= 0.6 is 0 Å². The van der Waals surface area contributed by atoms with Crippen molar-refractivity contribution in [1.82, 2.24) is 9.63 Å². The van der Waals surface area contributed by atoms with Gasteiger partial charge in [0.2, 0.25) is 0 Å². The summed E-state index contributed by atoms with van der Waals surface area (Å²) in [4.78, 5) is 42.9. The summed E-state index contributed by atoms with van der Waals surface area (Å²) in [5, 5.41) is 0.594. The number of rotatable bonds is 3. The van der Waals surface area contributed by atoms with Crippen molar-refractivity contribution in [3.63, 3.8) is 0 Å². The number of benzene rings is 1. The van der Waals surface area contributed by atoms with E-state index >= 15 is 0 Å². The maximum atomic E-state index is 12.9. The fourth-order valence-electron chi connectivity index (χ4n) is 3.57. The van der Waals surface area contributed by atoms with E-state index in [-0.39, 0.29) is 11.1 Å². The van der Waals surface area contributed by atoms with E-state index in [1.165, 1.54) is 0 Å². The predicted octanol–water partition coefficient (Wildman–Crippen LogP) is 2.51. The molecule has 0 N–H and O–H groups in total. The molecule has 2 heterocycles. The Bertz CT molecular complexity index is 784. The Hall–Kier alpha value is -2.89. The fraction of sp³-hybridized carbons (Fsp3) is 0.278. The number of carbonyl (C=O) groups excluding carboxylic acids is 3. The van der Waals surface area contributed by atoms with Crippen LogP contribution in [0.2, 0.25) is 0 Å². The summed E-state index contributed by atoms with van der Waals surface area (Å²) in [7, 11) is 0. The lowest BCUT2D eigenvalue weighted by molar-refractivity contribution is -0.179. The molecule has 0 spiro atoms. The second kappa shape index (κ2) is 5.33. The van der Waals surface area contributed by atoms with Crippen LogP contribution in [0, 0.1) is 0 Å². The smallest absolute Gasteiger partial charge is 0.338 e. The highest BCUT2D eigenvalue weighted by atomic mass is 16.7. The minimum Gasteiger partial charge on any atom is -0.338 e. The first-order chi connectivity index (χ1) is 11.6. The monoisotopic (exact) mass is 324 g/mol. The van der Waals surface area contributed by atoms with Crippen molar-refractivity contribution in [2.24, 2.45) is 0 Å². The van der Waals surface area contributed by atoms with Crippen LogP contribution in [0.5, 0.6) is 0 Å². The molecule has 6 heteroatoms. The minimum absolute atomic E-state index is 0.261. The Morgan fingerprint density at radius 2 is 1.46 bits per heavy atom. The van der Waals surface area contributed by atoms with Crippen molar-refractivity contribution in [2.75, 3.05) is 0 Å². The van der Waals surface area contributed by atoms with Gasteiger partial charge in [0.05, 0.1) is 11.1 Å². The molecule has 1 fully saturated rings. The van der Waals surface area contributed by atoms with Crippen LogP contribution in [0.4, 0.5) is 0 Å². The third-order valence-corrected chi connectivity index (χ3v) is 4.84. The normalized spacial score (nSPS) is 18.8. The van der Waals surface area contributed by atoms with Crippen molar-refractivity contribution in [3.05, 3.63) is 59.9 Å². The molecule has 1 aromatic carbocycles. The molecule has 4 rings (SSSR count). The van der Waals surface area contributed by atoms with E-state index in [0.717, 1.165) is 12.8 Å². The number of aromatic nitrogens is 1. The Labute approximate surface area is 138 Å². The number of hydrogen-bond donors (Lipinski definition) is 0. The Balaban J connectivity index is 1.63. The van der Waals surface area contributed by atoms with E-state index < -0.39 is 23.3 Å². The first-order valence-electron chi connectivity index (χ1n) is 7.97. The molecule has 24 heavy (non-hydrogen) atoms. The molecule has 1 aromatic heterocycles. The Morgan fingerprint density at radius 3 is 2.00 bits per heavy atom. The van der Waals surface area contributed by atoms with Gasteiger partial charge in [-0.15, -0.1) is 0 Å². The average Bonchev–Trinajstić information content (AvgIpc) is 3.32. The number of hydrogen-bond acceptors (Lipinski definition) is 4. The fourth-order valence-corrected chi connectivity index (χ4v) is 3.57. The average molecular weight is 324 g/mol. The zero-order valence-electron chi connectivity index (χ0n) is 13.0. The number of carbonyl (C=O) groups is 3. The summed E-state index contributed by atoms with van der Waals surface area (Å²) in [6.45, 7) is 0. The highest BCUT2D eigenvalue weighted by molar-refractivity contribution is 6.20. The Kier molecular flexibility index (Phi) is 3.26. The molecule has 0 bridgehead atoms. The molecule has 2 amide bonds. The molecule has 1 aliphatic heterocycles. The van der Waals surface area contributed by atoms with Crippen molar-refractivity contribution >= 4 is 17.8 Å². The largest absolute Gasteiger partial charge is 0.358 e. The molecule has 1 aliphatic carbocycles. The summed E-state index contributed by atoms with van der Waals surface area (Å²) >= 11 is 0. The third-order valence-electron chi connectivity index (χ3n) is 4.84. The number of hydroxylamine groups is 2. The van der Waals surface area contributed by atoms with Gasteiger partial charge in [-0.3, -0.25) is 9.59 Å². The quantitative estimate of drug-likeness (QED) is 0.814. The molecule has 0 radical (unpaired) electrons. The van der Waals surface area contributed by atoms with E-state index in [1.54, 1.807) is 24.3 Å². The molecular formula is C18H16N2O4. The zero-order chi connectivity index (χ0) is 16.7. The van der Waals surface area contributed by atoms with Crippen molar-refractivity contribution < 1.29 is 19.2 Å². The van der Waals surface area contributed by atoms with Crippen LogP contribution in [-0.4, -0.2) is 27.4 Å². The van der Waals surface area contributed by atoms with Crippen LogP contribution < -0.4 is 0 Å². The maximum Gasteiger partial charge on any atom is 0.358 e. The van der Waals surface area contributed by atoms with E-state index in [0.29, 0.717) is 17.9 Å². The van der Waals surface area contributed by atoms with Gasteiger partial charge in [0.25, 0.3) is 11.8 Å². The van der Waals surface area contributed by atoms with Gasteiger partial charge in [0.15, 0.2) is 0 Å². The standard InChI is InChI=1S/C18H16N2O4/c21-15-13-7-1-2-8-14(13)16(22)20(15)24-17(23)18(9-3-4-10-18)19-11-5-6-12-19/h1-2,5-8,11-12H,3-4,9-10H2. The molecule has 2 aromatic rings. The lowest BCUT2D eigenvalue weighted by atomic mass is 9.98. The molecule has 0 unspecified atom stereocenters. The molecule has 2 aliphatic rings. The summed E-state index contributed by atoms with van der Waals surface area (Å²) < 4.78 is 1.82. The van der Waals surface area contributed by atoms with Crippen molar-refractivity contribution in [2.45, 2.75) is 31.2 Å². The van der Waals surface area contributed by atoms with Gasteiger partial charge in [-0.1, -0.05) is 30.0 Å². The SMILES string of the molecule is O=C1c2ccccc2C(=O)N1OC(=O)C1(n2cccc2)CCCC1. The van der Waals surface area contributed by atoms with Gasteiger partial charge in [0.1, 0.15) is 5.54 Å². The van der Waals surface area contributed by atoms with Crippen LogP contribution in [0.1, 0.15) is 46.4 Å². The van der Waals surface area contributed by atoms with Crippen LogP contribution in [0.25, 0.3) is 0 Å². The van der Waals surface area contributed by atoms with Gasteiger partial charge < -0.3 is 9.40 Å². The summed E-state index contributed by atoms with van der Waals surface area (Å²) in [6.07, 6.45) is 6.68. The van der Waals surface area contributed by atoms with Gasteiger partial charge in [-0.05, 0) is 37.1 Å². The highest BCUT2D eigenvalue weighted by Gasteiger charge is 2.48. The van der Waals surface area contributed by atoms with E-state index in [2.05, 4.69) is 0 Å². The summed E-state index contributed by atoms with van der Waals surface area (Å²) in [5.74, 6) is -1.75. The molecule has 0 saturated heterocycles. The predicted molar refractivity (Wildman–Crippen MR) is 83.9 cm³/mol. The third kappa shape index (κ3) is 1.99. The molecule has 122 valence electrons. The van der Waals surface area contributed by atoms with Crippen molar-refractivity contribution in [3.8, 4) is 0 Å². The number of imide groups is 1. The van der Waals surface area contributed by atoms with Crippen LogP contribution in [0.15, 0.2) is 48.8 Å². The van der Waals surface area contributed by atoms with E-state index in [1.807, 2.05) is 29.1 Å². The first kappa shape index (κ1) is 14.7. The molecule has 6 nitrogen and oxygen atoms in total. The minimum atomic E-state index is -0.848. The Morgan fingerprint density at radius 1 is 0.917 bits per heavy atom. The van der Waals surface area contributed by atoms with Gasteiger partial charge in [-0.25, -0.2) is 4.79 Å². The zero-order valence-corrected chi connectivity index (χ0v) is 13.0. The topological polar surface area (TPSA) is 68.6 Å². The lowest BCUT2D eigenvalue weighted by Crippen LogP contribution is -2.45. The number of fused-ring (bicyclic) bond motifs is 1. The number of amides is 2. The van der Waals surface area contributed by atoms with Gasteiger partial charge >= 0.3 is 5.97 Å². The molecule has 1 saturated carbocycles. The van der Waals surface area contributed by atoms with E-state index in [9.17, 15) is 14.4 Å². The lowest BCUT2D eigenvalue weighted by Gasteiger charge is -2.29. The van der Waals surface area contributed by atoms with Crippen LogP contribution in [-0.2, 0) is 15.2 Å². The van der Waals surface area contributed by atoms with Crippen LogP contribution in [0.3, 0.4) is 0 Å². The second-order valence-corrected chi connectivity index (χ2v) is 6.16. The van der Waals surface area contributed by atoms with Gasteiger partial charge in [0, 0.05) is 12.4 Å². The maximum absolute atomic E-state index is 12.9. The van der Waals surface area contributed by atoms with Gasteiger partial charge in [-0.2, -0.15) is 0 Å². The van der Waals surface area contributed by atoms with E-state index in [4.69, 9.17) is 4.84 Å². The highest BCUT2D eigenvalue weighted by Crippen LogP contribution is 2.38. The number of nitrogens with zero attached hydrogens (tertiary/aromatic N) is 2. The summed E-state index contributed by atoms with van der Waals surface area (Å²) in [6, 6.07) is 10.1. The summed E-state index contributed by atoms with van der Waals surface area (Å²) in [5.41, 5.74) is -0.327. The molecular weight excluding hydrogens is 308 g/mol. The first-order valence-corrected chi connectivity index (χ1v) is 7.97. The molecule has 0 atom stereocenters. The second-order valence-electron chi connectivity index (χ2n) is 6.16.